The van der Waals surface area contributed by atoms with Crippen LogP contribution in [0.3, 0.4) is 0 Å². The molecule has 0 bridgehead atoms. The molecule has 1 aliphatic heterocycles. The molecule has 0 radical (unpaired) electrons. The van der Waals surface area contributed by atoms with Crippen molar-refractivity contribution in [3.8, 4) is 0 Å². The first-order valence-electron chi connectivity index (χ1n) is 5.49. The van der Waals surface area contributed by atoms with Gasteiger partial charge >= 0.3 is 12.0 Å². The number of amides is 2. The fraction of sp³-hybridized carbons (Fsp3) is 0.375. The minimum atomic E-state index is -1.13. The molecule has 2 aromatic heterocycles. The van der Waals surface area contributed by atoms with E-state index in [2.05, 4.69) is 30.4 Å². The normalized spacial score (nSPS) is 14.9. The van der Waals surface area contributed by atoms with Crippen molar-refractivity contribution in [1.82, 2.24) is 34.7 Å². The second-order valence-corrected chi connectivity index (χ2v) is 4.78. The van der Waals surface area contributed by atoms with Crippen LogP contribution in [0.25, 0.3) is 0 Å². The second kappa shape index (κ2) is 4.80. The van der Waals surface area contributed by atoms with E-state index >= 15 is 0 Å². The quantitative estimate of drug-likeness (QED) is 0.758. The molecule has 3 heterocycles. The van der Waals surface area contributed by atoms with E-state index in [1.807, 2.05) is 0 Å². The first-order chi connectivity index (χ1) is 9.63. The highest BCUT2D eigenvalue weighted by atomic mass is 32.1. The molecule has 0 spiro atoms. The number of hydrogen-bond donors (Lipinski definition) is 2. The number of likely N-dealkylation sites (tertiary alicyclic amines) is 1. The fourth-order valence-electron chi connectivity index (χ4n) is 1.69. The molecule has 20 heavy (non-hydrogen) atoms. The van der Waals surface area contributed by atoms with Gasteiger partial charge in [0.1, 0.15) is 0 Å². The van der Waals surface area contributed by atoms with Gasteiger partial charge in [-0.1, -0.05) is 14.8 Å². The average molecular weight is 296 g/mol. The van der Waals surface area contributed by atoms with Gasteiger partial charge in [0.15, 0.2) is 5.69 Å². The average Bonchev–Trinajstić information content (AvgIpc) is 2.97. The molecule has 2 N–H and O–H groups in total. The van der Waals surface area contributed by atoms with Crippen molar-refractivity contribution in [2.24, 2.45) is 0 Å². The van der Waals surface area contributed by atoms with Crippen LogP contribution in [0.4, 0.5) is 9.93 Å². The van der Waals surface area contributed by atoms with Gasteiger partial charge in [-0.25, -0.2) is 14.3 Å². The van der Waals surface area contributed by atoms with Crippen molar-refractivity contribution >= 4 is 28.7 Å². The summed E-state index contributed by atoms with van der Waals surface area (Å²) >= 11 is 0.983. The van der Waals surface area contributed by atoms with Gasteiger partial charge in [-0.05, 0) is 5.21 Å². The molecular formula is C8H8N8O3S. The third-order valence-corrected chi connectivity index (χ3v) is 3.28. The Morgan fingerprint density at radius 2 is 2.20 bits per heavy atom. The highest BCUT2D eigenvalue weighted by Crippen LogP contribution is 2.21. The van der Waals surface area contributed by atoms with Crippen LogP contribution in [0.5, 0.6) is 0 Å². The third-order valence-electron chi connectivity index (χ3n) is 2.77. The number of carboxylic acids is 1. The van der Waals surface area contributed by atoms with Crippen LogP contribution in [-0.2, 0) is 0 Å². The number of anilines is 1. The SMILES string of the molecule is O=C(O)c1cn(C2CN(C(=O)Nc3nnns3)C2)nn1. The minimum absolute atomic E-state index is 0.0751. The summed E-state index contributed by atoms with van der Waals surface area (Å²) in [5, 5.41) is 25.8. The lowest BCUT2D eigenvalue weighted by Crippen LogP contribution is -2.52. The summed E-state index contributed by atoms with van der Waals surface area (Å²) in [6.45, 7) is 0.834. The van der Waals surface area contributed by atoms with Crippen LogP contribution >= 0.6 is 11.5 Å². The molecule has 0 unspecified atom stereocenters. The zero-order valence-electron chi connectivity index (χ0n) is 9.87. The van der Waals surface area contributed by atoms with E-state index in [-0.39, 0.29) is 17.8 Å². The zero-order valence-corrected chi connectivity index (χ0v) is 10.7. The Morgan fingerprint density at radius 3 is 2.80 bits per heavy atom. The highest BCUT2D eigenvalue weighted by molar-refractivity contribution is 7.09. The van der Waals surface area contributed by atoms with Crippen LogP contribution < -0.4 is 5.32 Å². The minimum Gasteiger partial charge on any atom is -0.476 e. The molecule has 2 amide bonds. The molecule has 104 valence electrons. The Bertz CT molecular complexity index is 634. The highest BCUT2D eigenvalue weighted by Gasteiger charge is 2.33. The Kier molecular flexibility index (Phi) is 2.98. The molecular weight excluding hydrogens is 288 g/mol. The van der Waals surface area contributed by atoms with Crippen LogP contribution in [-0.4, -0.2) is 64.9 Å². The molecule has 1 saturated heterocycles. The van der Waals surface area contributed by atoms with E-state index in [0.29, 0.717) is 18.2 Å². The number of aromatic nitrogens is 6. The molecule has 1 fully saturated rings. The predicted molar refractivity (Wildman–Crippen MR) is 64.3 cm³/mol. The maximum atomic E-state index is 11.8. The van der Waals surface area contributed by atoms with Crippen LogP contribution in [0.2, 0.25) is 0 Å². The Hall–Kier alpha value is -2.63. The number of carboxylic acid groups (broad SMARTS) is 1. The number of urea groups is 1. The summed E-state index contributed by atoms with van der Waals surface area (Å²) in [4.78, 5) is 24.0. The number of aromatic carboxylic acids is 1. The van der Waals surface area contributed by atoms with Crippen LogP contribution in [0, 0.1) is 0 Å². The maximum Gasteiger partial charge on any atom is 0.358 e. The van der Waals surface area contributed by atoms with Gasteiger partial charge in [0.05, 0.1) is 12.2 Å². The third kappa shape index (κ3) is 2.27. The molecule has 11 nitrogen and oxygen atoms in total. The Labute approximate surface area is 115 Å². The molecule has 1 aliphatic rings. The lowest BCUT2D eigenvalue weighted by molar-refractivity contribution is 0.0690. The maximum absolute atomic E-state index is 11.8. The summed E-state index contributed by atoms with van der Waals surface area (Å²) in [6.07, 6.45) is 1.34. The number of rotatable bonds is 3. The van der Waals surface area contributed by atoms with Crippen LogP contribution in [0.1, 0.15) is 16.5 Å². The first kappa shape index (κ1) is 12.4. The van der Waals surface area contributed by atoms with E-state index in [1.165, 1.54) is 15.8 Å². The summed E-state index contributed by atoms with van der Waals surface area (Å²) < 4.78 is 4.97. The Morgan fingerprint density at radius 1 is 1.40 bits per heavy atom. The van der Waals surface area contributed by atoms with E-state index in [0.717, 1.165) is 11.5 Å². The number of carbonyl (C=O) groups excluding carboxylic acids is 1. The summed E-state index contributed by atoms with van der Waals surface area (Å²) in [5.74, 6) is -1.13. The zero-order chi connectivity index (χ0) is 14.1. The van der Waals surface area contributed by atoms with Crippen molar-refractivity contribution in [3.63, 3.8) is 0 Å². The molecule has 0 saturated carbocycles. The lowest BCUT2D eigenvalue weighted by Gasteiger charge is -2.38. The number of nitrogens with zero attached hydrogens (tertiary/aromatic N) is 7. The van der Waals surface area contributed by atoms with Crippen molar-refractivity contribution in [3.05, 3.63) is 11.9 Å². The van der Waals surface area contributed by atoms with Crippen LogP contribution in [0.15, 0.2) is 6.20 Å². The molecule has 0 aromatic carbocycles. The van der Waals surface area contributed by atoms with Crippen molar-refractivity contribution < 1.29 is 14.7 Å². The van der Waals surface area contributed by atoms with Crippen molar-refractivity contribution in [2.45, 2.75) is 6.04 Å². The predicted octanol–water partition coefficient (Wildman–Crippen LogP) is -0.688. The number of nitrogens with one attached hydrogen (secondary N) is 1. The van der Waals surface area contributed by atoms with Gasteiger partial charge in [0.2, 0.25) is 5.13 Å². The molecule has 0 atom stereocenters. The topological polar surface area (TPSA) is 139 Å². The molecule has 12 heteroatoms. The summed E-state index contributed by atoms with van der Waals surface area (Å²) in [7, 11) is 0. The molecule has 3 rings (SSSR count). The Balaban J connectivity index is 1.55. The number of hydrogen-bond acceptors (Lipinski definition) is 8. The van der Waals surface area contributed by atoms with Crippen molar-refractivity contribution in [1.29, 1.82) is 0 Å². The van der Waals surface area contributed by atoms with Gasteiger partial charge < -0.3 is 10.0 Å². The van der Waals surface area contributed by atoms with Gasteiger partial charge in [-0.15, -0.1) is 5.10 Å². The number of carbonyl (C=O) groups is 2. The smallest absolute Gasteiger partial charge is 0.358 e. The summed E-state index contributed by atoms with van der Waals surface area (Å²) in [5.41, 5.74) is -0.118. The van der Waals surface area contributed by atoms with Gasteiger partial charge in [-0.2, -0.15) is 0 Å². The van der Waals surface area contributed by atoms with Gasteiger partial charge in [-0.3, -0.25) is 5.32 Å². The lowest BCUT2D eigenvalue weighted by atomic mass is 10.1. The van der Waals surface area contributed by atoms with E-state index in [9.17, 15) is 9.59 Å². The van der Waals surface area contributed by atoms with Crippen molar-refractivity contribution in [2.75, 3.05) is 18.4 Å². The van der Waals surface area contributed by atoms with E-state index in [1.54, 1.807) is 0 Å². The first-order valence-corrected chi connectivity index (χ1v) is 6.27. The fourth-order valence-corrected chi connectivity index (χ4v) is 2.05. The van der Waals surface area contributed by atoms with E-state index < -0.39 is 5.97 Å². The summed E-state index contributed by atoms with van der Waals surface area (Å²) in [6, 6.07) is -0.382. The largest absolute Gasteiger partial charge is 0.476 e. The molecule has 0 aliphatic carbocycles. The van der Waals surface area contributed by atoms with E-state index in [4.69, 9.17) is 5.11 Å². The second-order valence-electron chi connectivity index (χ2n) is 4.05. The van der Waals surface area contributed by atoms with Gasteiger partial charge in [0, 0.05) is 24.6 Å². The van der Waals surface area contributed by atoms with Gasteiger partial charge in [0.25, 0.3) is 0 Å². The standard InChI is InChI=1S/C8H8N8O3S/c17-6(18)5-3-16(13-10-5)4-1-15(2-4)8(19)9-7-11-12-14-20-7/h3-4H,1-2H2,(H,17,18)(H,9,11,14,19). The monoisotopic (exact) mass is 296 g/mol. The molecule has 2 aromatic rings.